The minimum atomic E-state index is -0.341. The van der Waals surface area contributed by atoms with Crippen LogP contribution < -0.4 is 0 Å². The summed E-state index contributed by atoms with van der Waals surface area (Å²) < 4.78 is 19.4. The molecule has 4 nitrogen and oxygen atoms in total. The molecule has 0 aliphatic rings. The zero-order chi connectivity index (χ0) is 13.0. The van der Waals surface area contributed by atoms with E-state index in [2.05, 4.69) is 5.10 Å². The Labute approximate surface area is 104 Å². The van der Waals surface area contributed by atoms with Gasteiger partial charge in [0.25, 0.3) is 0 Å². The molecule has 0 spiro atoms. The highest BCUT2D eigenvalue weighted by atomic mass is 19.1. The van der Waals surface area contributed by atoms with Crippen LogP contribution in [0.1, 0.15) is 6.92 Å². The summed E-state index contributed by atoms with van der Waals surface area (Å²) in [4.78, 5) is 11.3. The van der Waals surface area contributed by atoms with E-state index in [4.69, 9.17) is 4.74 Å². The number of halogens is 1. The van der Waals surface area contributed by atoms with Gasteiger partial charge in [-0.2, -0.15) is 5.10 Å². The Kier molecular flexibility index (Phi) is 3.72. The second-order valence-electron chi connectivity index (χ2n) is 3.74. The molecule has 2 aromatic rings. The molecular weight excluding hydrogens is 235 g/mol. The minimum Gasteiger partial charge on any atom is -0.465 e. The van der Waals surface area contributed by atoms with Gasteiger partial charge < -0.3 is 4.74 Å². The van der Waals surface area contributed by atoms with Crippen molar-refractivity contribution in [2.24, 2.45) is 0 Å². The predicted molar refractivity (Wildman–Crippen MR) is 64.3 cm³/mol. The highest BCUT2D eigenvalue weighted by molar-refractivity contribution is 5.69. The van der Waals surface area contributed by atoms with Gasteiger partial charge in [0.15, 0.2) is 0 Å². The number of hydrogen-bond acceptors (Lipinski definition) is 3. The molecule has 0 atom stereocenters. The maximum atomic E-state index is 13.1. The molecule has 5 heteroatoms. The maximum Gasteiger partial charge on any atom is 0.327 e. The topological polar surface area (TPSA) is 44.1 Å². The zero-order valence-corrected chi connectivity index (χ0v) is 9.97. The van der Waals surface area contributed by atoms with Crippen molar-refractivity contribution in [3.05, 3.63) is 42.5 Å². The SMILES string of the molecule is CCOC(=O)Cn1cc(-c2cccc(F)c2)cn1. The average molecular weight is 248 g/mol. The fourth-order valence-electron chi connectivity index (χ4n) is 1.61. The fourth-order valence-corrected chi connectivity index (χ4v) is 1.61. The third kappa shape index (κ3) is 2.94. The van der Waals surface area contributed by atoms with Crippen LogP contribution in [0.4, 0.5) is 4.39 Å². The largest absolute Gasteiger partial charge is 0.465 e. The number of aromatic nitrogens is 2. The summed E-state index contributed by atoms with van der Waals surface area (Å²) in [5.41, 5.74) is 1.49. The minimum absolute atomic E-state index is 0.0587. The Morgan fingerprint density at radius 3 is 3.00 bits per heavy atom. The molecule has 0 N–H and O–H groups in total. The molecule has 94 valence electrons. The van der Waals surface area contributed by atoms with Crippen LogP contribution in [0.2, 0.25) is 0 Å². The van der Waals surface area contributed by atoms with E-state index in [1.807, 2.05) is 0 Å². The molecule has 18 heavy (non-hydrogen) atoms. The van der Waals surface area contributed by atoms with Gasteiger partial charge in [-0.05, 0) is 24.6 Å². The first-order chi connectivity index (χ1) is 8.69. The smallest absolute Gasteiger partial charge is 0.327 e. The molecule has 0 aliphatic carbocycles. The van der Waals surface area contributed by atoms with E-state index in [0.717, 1.165) is 11.1 Å². The third-order valence-electron chi connectivity index (χ3n) is 2.39. The van der Waals surface area contributed by atoms with E-state index < -0.39 is 0 Å². The number of ether oxygens (including phenoxy) is 1. The van der Waals surface area contributed by atoms with Crippen LogP contribution in [-0.4, -0.2) is 22.4 Å². The lowest BCUT2D eigenvalue weighted by Crippen LogP contribution is -2.13. The van der Waals surface area contributed by atoms with Gasteiger partial charge in [-0.1, -0.05) is 12.1 Å². The molecule has 0 unspecified atom stereocenters. The van der Waals surface area contributed by atoms with Gasteiger partial charge in [-0.3, -0.25) is 9.48 Å². The molecule has 0 amide bonds. The number of hydrogen-bond donors (Lipinski definition) is 0. The summed E-state index contributed by atoms with van der Waals surface area (Å²) in [6.45, 7) is 2.15. The number of benzene rings is 1. The van der Waals surface area contributed by atoms with Crippen molar-refractivity contribution in [2.75, 3.05) is 6.61 Å². The van der Waals surface area contributed by atoms with E-state index in [9.17, 15) is 9.18 Å². The Morgan fingerprint density at radius 1 is 1.44 bits per heavy atom. The first kappa shape index (κ1) is 12.3. The zero-order valence-electron chi connectivity index (χ0n) is 9.97. The second-order valence-corrected chi connectivity index (χ2v) is 3.74. The average Bonchev–Trinajstić information content (AvgIpc) is 2.78. The van der Waals surface area contributed by atoms with Crippen molar-refractivity contribution < 1.29 is 13.9 Å². The Balaban J connectivity index is 2.13. The lowest BCUT2D eigenvalue weighted by Gasteiger charge is -2.01. The van der Waals surface area contributed by atoms with Crippen LogP contribution in [0.5, 0.6) is 0 Å². The quantitative estimate of drug-likeness (QED) is 0.779. The van der Waals surface area contributed by atoms with Crippen molar-refractivity contribution in [3.63, 3.8) is 0 Å². The summed E-state index contributed by atoms with van der Waals surface area (Å²) in [7, 11) is 0. The molecule has 0 fully saturated rings. The van der Waals surface area contributed by atoms with Gasteiger partial charge >= 0.3 is 5.97 Å². The number of rotatable bonds is 4. The highest BCUT2D eigenvalue weighted by Gasteiger charge is 2.06. The fraction of sp³-hybridized carbons (Fsp3) is 0.231. The van der Waals surface area contributed by atoms with Gasteiger partial charge in [0.1, 0.15) is 12.4 Å². The van der Waals surface area contributed by atoms with Crippen molar-refractivity contribution in [2.45, 2.75) is 13.5 Å². The first-order valence-electron chi connectivity index (χ1n) is 5.63. The lowest BCUT2D eigenvalue weighted by atomic mass is 10.1. The molecule has 1 aromatic carbocycles. The Morgan fingerprint density at radius 2 is 2.28 bits per heavy atom. The number of esters is 1. The van der Waals surface area contributed by atoms with Crippen LogP contribution in [0.15, 0.2) is 36.7 Å². The molecule has 2 rings (SSSR count). The normalized spacial score (nSPS) is 10.3. The standard InChI is InChI=1S/C13H13FN2O2/c1-2-18-13(17)9-16-8-11(7-15-16)10-4-3-5-12(14)6-10/h3-8H,2,9H2,1H3. The summed E-state index contributed by atoms with van der Waals surface area (Å²) >= 11 is 0. The Bertz CT molecular complexity index is 551. The summed E-state index contributed by atoms with van der Waals surface area (Å²) in [6, 6.07) is 6.22. The van der Waals surface area contributed by atoms with Gasteiger partial charge in [0, 0.05) is 11.8 Å². The van der Waals surface area contributed by atoms with E-state index in [1.165, 1.54) is 16.8 Å². The molecule has 0 radical (unpaired) electrons. The molecule has 1 aromatic heterocycles. The molecule has 1 heterocycles. The van der Waals surface area contributed by atoms with Crippen molar-refractivity contribution in [1.82, 2.24) is 9.78 Å². The van der Waals surface area contributed by atoms with Gasteiger partial charge in [0.05, 0.1) is 12.8 Å². The van der Waals surface area contributed by atoms with Gasteiger partial charge in [0.2, 0.25) is 0 Å². The summed E-state index contributed by atoms with van der Waals surface area (Å²) in [6.07, 6.45) is 3.28. The van der Waals surface area contributed by atoms with Crippen molar-refractivity contribution in [1.29, 1.82) is 0 Å². The highest BCUT2D eigenvalue weighted by Crippen LogP contribution is 2.19. The number of carbonyl (C=O) groups excluding carboxylic acids is 1. The molecule has 0 saturated heterocycles. The molecular formula is C13H13FN2O2. The number of nitrogens with zero attached hydrogens (tertiary/aromatic N) is 2. The van der Waals surface area contributed by atoms with E-state index >= 15 is 0 Å². The van der Waals surface area contributed by atoms with Gasteiger partial charge in [-0.25, -0.2) is 4.39 Å². The van der Waals surface area contributed by atoms with Crippen LogP contribution in [0.3, 0.4) is 0 Å². The third-order valence-corrected chi connectivity index (χ3v) is 2.39. The number of carbonyl (C=O) groups is 1. The summed E-state index contributed by atoms with van der Waals surface area (Å²) in [5, 5.41) is 4.04. The van der Waals surface area contributed by atoms with E-state index in [1.54, 1.807) is 31.5 Å². The molecule has 0 saturated carbocycles. The van der Waals surface area contributed by atoms with E-state index in [0.29, 0.717) is 6.61 Å². The lowest BCUT2D eigenvalue weighted by molar-refractivity contribution is -0.144. The van der Waals surface area contributed by atoms with Crippen molar-refractivity contribution in [3.8, 4) is 11.1 Å². The monoisotopic (exact) mass is 248 g/mol. The summed E-state index contributed by atoms with van der Waals surface area (Å²) in [5.74, 6) is -0.642. The van der Waals surface area contributed by atoms with Crippen molar-refractivity contribution >= 4 is 5.97 Å². The second kappa shape index (κ2) is 5.44. The van der Waals surface area contributed by atoms with Crippen LogP contribution >= 0.6 is 0 Å². The van der Waals surface area contributed by atoms with Crippen LogP contribution in [0.25, 0.3) is 11.1 Å². The predicted octanol–water partition coefficient (Wildman–Crippen LogP) is 2.25. The maximum absolute atomic E-state index is 13.1. The van der Waals surface area contributed by atoms with E-state index in [-0.39, 0.29) is 18.3 Å². The molecule has 0 aliphatic heterocycles. The van der Waals surface area contributed by atoms with Crippen LogP contribution in [-0.2, 0) is 16.1 Å². The van der Waals surface area contributed by atoms with Crippen LogP contribution in [0, 0.1) is 5.82 Å². The first-order valence-corrected chi connectivity index (χ1v) is 5.63. The Hall–Kier alpha value is -2.17. The van der Waals surface area contributed by atoms with Gasteiger partial charge in [-0.15, -0.1) is 0 Å². The molecule has 0 bridgehead atoms.